The van der Waals surface area contributed by atoms with Crippen LogP contribution in [0.25, 0.3) is 0 Å². The van der Waals surface area contributed by atoms with E-state index in [1.54, 1.807) is 0 Å². The van der Waals surface area contributed by atoms with Gasteiger partial charge in [0, 0.05) is 18.1 Å². The molecule has 4 heteroatoms. The van der Waals surface area contributed by atoms with Gasteiger partial charge in [0.2, 0.25) is 5.91 Å². The van der Waals surface area contributed by atoms with Gasteiger partial charge >= 0.3 is 0 Å². The van der Waals surface area contributed by atoms with E-state index in [1.165, 1.54) is 5.56 Å². The third-order valence-corrected chi connectivity index (χ3v) is 4.16. The summed E-state index contributed by atoms with van der Waals surface area (Å²) in [6.07, 6.45) is 0.931. The molecule has 0 fully saturated rings. The van der Waals surface area contributed by atoms with Crippen molar-refractivity contribution in [1.82, 2.24) is 4.90 Å². The number of nitrogens with zero attached hydrogens (tertiary/aromatic N) is 1. The summed E-state index contributed by atoms with van der Waals surface area (Å²) < 4.78 is 0. The highest BCUT2D eigenvalue weighted by Crippen LogP contribution is 2.30. The maximum Gasteiger partial charge on any atom is 0.239 e. The van der Waals surface area contributed by atoms with Crippen molar-refractivity contribution in [3.8, 4) is 0 Å². The van der Waals surface area contributed by atoms with E-state index in [9.17, 15) is 4.79 Å². The van der Waals surface area contributed by atoms with E-state index >= 15 is 0 Å². The second-order valence-electron chi connectivity index (χ2n) is 5.35. The fourth-order valence-corrected chi connectivity index (χ4v) is 3.20. The zero-order valence-corrected chi connectivity index (χ0v) is 12.4. The van der Waals surface area contributed by atoms with Crippen LogP contribution in [0.1, 0.15) is 22.7 Å². The number of benzene rings is 2. The molecule has 2 aromatic rings. The Morgan fingerprint density at radius 2 is 2.05 bits per heavy atom. The maximum absolute atomic E-state index is 11.9. The predicted octanol–water partition coefficient (Wildman–Crippen LogP) is 2.92. The van der Waals surface area contributed by atoms with E-state index in [-0.39, 0.29) is 11.9 Å². The van der Waals surface area contributed by atoms with Crippen molar-refractivity contribution in [2.24, 2.45) is 5.73 Å². The van der Waals surface area contributed by atoms with E-state index in [2.05, 4.69) is 11.0 Å². The zero-order valence-electron chi connectivity index (χ0n) is 11.6. The van der Waals surface area contributed by atoms with Crippen LogP contribution in [0.3, 0.4) is 0 Å². The number of nitrogens with two attached hydrogens (primary N) is 1. The number of halogens is 1. The van der Waals surface area contributed by atoms with Crippen molar-refractivity contribution in [3.05, 3.63) is 70.2 Å². The summed E-state index contributed by atoms with van der Waals surface area (Å²) in [5, 5.41) is 0.709. The summed E-state index contributed by atoms with van der Waals surface area (Å²) in [7, 11) is 0. The van der Waals surface area contributed by atoms with Gasteiger partial charge in [-0.3, -0.25) is 9.69 Å². The normalized spacial score (nSPS) is 18.2. The fourth-order valence-electron chi connectivity index (χ4n) is 2.99. The molecule has 0 radical (unpaired) electrons. The number of carbonyl (C=O) groups is 1. The molecule has 1 heterocycles. The average Bonchev–Trinajstić information content (AvgIpc) is 2.46. The van der Waals surface area contributed by atoms with E-state index in [4.69, 9.17) is 17.3 Å². The number of hydrogen-bond donors (Lipinski definition) is 1. The summed E-state index contributed by atoms with van der Waals surface area (Å²) in [5.74, 6) is -0.302. The Morgan fingerprint density at radius 3 is 2.81 bits per heavy atom. The summed E-state index contributed by atoms with van der Waals surface area (Å²) in [5.41, 5.74) is 8.98. The second kappa shape index (κ2) is 5.88. The van der Waals surface area contributed by atoms with Crippen molar-refractivity contribution in [1.29, 1.82) is 0 Å². The van der Waals surface area contributed by atoms with Crippen molar-refractivity contribution in [2.75, 3.05) is 6.54 Å². The van der Waals surface area contributed by atoms with Crippen LogP contribution in [0.2, 0.25) is 5.02 Å². The largest absolute Gasteiger partial charge is 0.368 e. The summed E-state index contributed by atoms with van der Waals surface area (Å²) in [4.78, 5) is 14.1. The first kappa shape index (κ1) is 14.1. The molecular formula is C17H17ClN2O. The van der Waals surface area contributed by atoms with Gasteiger partial charge in [-0.15, -0.1) is 0 Å². The Bertz CT molecular complexity index is 671. The lowest BCUT2D eigenvalue weighted by molar-refractivity contribution is -0.124. The van der Waals surface area contributed by atoms with Gasteiger partial charge < -0.3 is 5.73 Å². The minimum Gasteiger partial charge on any atom is -0.368 e. The van der Waals surface area contributed by atoms with Crippen molar-refractivity contribution >= 4 is 17.5 Å². The molecule has 0 saturated heterocycles. The molecular weight excluding hydrogens is 284 g/mol. The minimum atomic E-state index is -0.367. The van der Waals surface area contributed by atoms with Gasteiger partial charge in [-0.25, -0.2) is 0 Å². The molecule has 1 atom stereocenters. The summed E-state index contributed by atoms with van der Waals surface area (Å²) in [6, 6.07) is 15.4. The van der Waals surface area contributed by atoms with Crippen LogP contribution >= 0.6 is 11.6 Å². The molecule has 0 spiro atoms. The minimum absolute atomic E-state index is 0.302. The molecule has 0 aliphatic carbocycles. The van der Waals surface area contributed by atoms with Gasteiger partial charge in [0.15, 0.2) is 0 Å². The quantitative estimate of drug-likeness (QED) is 0.947. The fraction of sp³-hybridized carbons (Fsp3) is 0.235. The summed E-state index contributed by atoms with van der Waals surface area (Å²) in [6.45, 7) is 1.49. The molecule has 0 saturated carbocycles. The van der Waals surface area contributed by atoms with E-state index in [1.807, 2.05) is 42.5 Å². The molecule has 0 bridgehead atoms. The lowest BCUT2D eigenvalue weighted by Gasteiger charge is -2.35. The van der Waals surface area contributed by atoms with Gasteiger partial charge in [-0.2, -0.15) is 0 Å². The maximum atomic E-state index is 11.9. The topological polar surface area (TPSA) is 46.3 Å². The first-order valence-corrected chi connectivity index (χ1v) is 7.38. The Hall–Kier alpha value is -1.84. The molecule has 0 aromatic heterocycles. The van der Waals surface area contributed by atoms with Crippen LogP contribution in [0, 0.1) is 0 Å². The molecule has 21 heavy (non-hydrogen) atoms. The Balaban J connectivity index is 1.91. The molecule has 1 unspecified atom stereocenters. The second-order valence-corrected chi connectivity index (χ2v) is 5.79. The number of carbonyl (C=O) groups excluding carboxylic acids is 1. The highest BCUT2D eigenvalue weighted by molar-refractivity contribution is 6.30. The van der Waals surface area contributed by atoms with Crippen molar-refractivity contribution in [3.63, 3.8) is 0 Å². The molecule has 1 aliphatic rings. The van der Waals surface area contributed by atoms with Crippen LogP contribution < -0.4 is 5.73 Å². The first-order chi connectivity index (χ1) is 10.1. The highest BCUT2D eigenvalue weighted by Gasteiger charge is 2.31. The average molecular weight is 301 g/mol. The van der Waals surface area contributed by atoms with E-state index in [0.29, 0.717) is 11.6 Å². The lowest BCUT2D eigenvalue weighted by atomic mass is 9.92. The highest BCUT2D eigenvalue weighted by atomic mass is 35.5. The lowest BCUT2D eigenvalue weighted by Crippen LogP contribution is -2.42. The summed E-state index contributed by atoms with van der Waals surface area (Å²) >= 11 is 6.03. The number of primary amides is 1. The number of hydrogen-bond acceptors (Lipinski definition) is 2. The standard InChI is InChI=1S/C17H17ClN2O/c18-14-6-3-4-12(10-14)11-20-9-8-13-5-1-2-7-15(13)16(20)17(19)21/h1-7,10,16H,8-9,11H2,(H2,19,21). The Labute approximate surface area is 129 Å². The molecule has 2 N–H and O–H groups in total. The Morgan fingerprint density at radius 1 is 1.24 bits per heavy atom. The van der Waals surface area contributed by atoms with Crippen molar-refractivity contribution in [2.45, 2.75) is 19.0 Å². The number of rotatable bonds is 3. The first-order valence-electron chi connectivity index (χ1n) is 7.01. The van der Waals surface area contributed by atoms with Crippen LogP contribution in [-0.4, -0.2) is 17.4 Å². The van der Waals surface area contributed by atoms with Crippen LogP contribution in [0.15, 0.2) is 48.5 Å². The molecule has 2 aromatic carbocycles. The van der Waals surface area contributed by atoms with E-state index < -0.39 is 0 Å². The zero-order chi connectivity index (χ0) is 14.8. The Kier molecular flexibility index (Phi) is 3.95. The van der Waals surface area contributed by atoms with Crippen LogP contribution in [0.4, 0.5) is 0 Å². The van der Waals surface area contributed by atoms with Gasteiger partial charge in [0.1, 0.15) is 6.04 Å². The van der Waals surface area contributed by atoms with Gasteiger partial charge in [0.25, 0.3) is 0 Å². The van der Waals surface area contributed by atoms with Crippen LogP contribution in [0.5, 0.6) is 0 Å². The third-order valence-electron chi connectivity index (χ3n) is 3.93. The van der Waals surface area contributed by atoms with Crippen molar-refractivity contribution < 1.29 is 4.79 Å². The SMILES string of the molecule is NC(=O)C1c2ccccc2CCN1Cc1cccc(Cl)c1. The number of fused-ring (bicyclic) bond motifs is 1. The van der Waals surface area contributed by atoms with Gasteiger partial charge in [-0.05, 0) is 35.2 Å². The molecule has 1 aliphatic heterocycles. The van der Waals surface area contributed by atoms with Gasteiger partial charge in [0.05, 0.1) is 0 Å². The smallest absolute Gasteiger partial charge is 0.239 e. The molecule has 108 valence electrons. The van der Waals surface area contributed by atoms with Gasteiger partial charge in [-0.1, -0.05) is 48.0 Å². The molecule has 3 rings (SSSR count). The third kappa shape index (κ3) is 2.94. The molecule has 3 nitrogen and oxygen atoms in total. The predicted molar refractivity (Wildman–Crippen MR) is 83.9 cm³/mol. The number of amides is 1. The van der Waals surface area contributed by atoms with E-state index in [0.717, 1.165) is 24.1 Å². The van der Waals surface area contributed by atoms with Crippen LogP contribution in [-0.2, 0) is 17.8 Å². The monoisotopic (exact) mass is 300 g/mol. The molecule has 1 amide bonds.